The molecule has 0 fully saturated rings. The lowest BCUT2D eigenvalue weighted by Crippen LogP contribution is -2.29. The van der Waals surface area contributed by atoms with E-state index in [0.29, 0.717) is 11.4 Å². The summed E-state index contributed by atoms with van der Waals surface area (Å²) in [5, 5.41) is 8.38. The van der Waals surface area contributed by atoms with E-state index in [1.54, 1.807) is 24.3 Å². The number of amides is 3. The van der Waals surface area contributed by atoms with E-state index in [4.69, 9.17) is 0 Å². The van der Waals surface area contributed by atoms with E-state index in [1.807, 2.05) is 51.1 Å². The van der Waals surface area contributed by atoms with Crippen molar-refractivity contribution in [2.45, 2.75) is 27.2 Å². The van der Waals surface area contributed by atoms with Gasteiger partial charge in [0, 0.05) is 22.5 Å². The highest BCUT2D eigenvalue weighted by molar-refractivity contribution is 6.00. The van der Waals surface area contributed by atoms with Crippen LogP contribution in [0.1, 0.15) is 27.2 Å². The zero-order chi connectivity index (χ0) is 17.6. The number of para-hydroxylation sites is 1. The molecule has 5 heteroatoms. The first-order chi connectivity index (χ1) is 11.4. The van der Waals surface area contributed by atoms with Crippen molar-refractivity contribution in [3.63, 3.8) is 0 Å². The largest absolute Gasteiger partial charge is 0.326 e. The second-order valence-corrected chi connectivity index (χ2v) is 6.21. The van der Waals surface area contributed by atoms with Crippen LogP contribution in [-0.4, -0.2) is 11.9 Å². The van der Waals surface area contributed by atoms with Crippen LogP contribution in [0.3, 0.4) is 0 Å². The molecule has 2 aromatic rings. The molecule has 0 aliphatic carbocycles. The van der Waals surface area contributed by atoms with Gasteiger partial charge in [0.05, 0.1) is 0 Å². The smallest absolute Gasteiger partial charge is 0.323 e. The molecule has 0 aromatic heterocycles. The van der Waals surface area contributed by atoms with Crippen LogP contribution in [0.15, 0.2) is 54.6 Å². The first-order valence-electron chi connectivity index (χ1n) is 7.95. The summed E-state index contributed by atoms with van der Waals surface area (Å²) in [6.45, 7) is 5.80. The van der Waals surface area contributed by atoms with E-state index in [-0.39, 0.29) is 11.9 Å². The molecule has 0 atom stereocenters. The fourth-order valence-electron chi connectivity index (χ4n) is 1.91. The monoisotopic (exact) mass is 325 g/mol. The van der Waals surface area contributed by atoms with Gasteiger partial charge in [-0.15, -0.1) is 0 Å². The quantitative estimate of drug-likeness (QED) is 0.745. The molecule has 0 radical (unpaired) electrons. The molecule has 0 saturated heterocycles. The van der Waals surface area contributed by atoms with Crippen molar-refractivity contribution in [1.82, 2.24) is 0 Å². The Kier molecular flexibility index (Phi) is 5.58. The second-order valence-electron chi connectivity index (χ2n) is 6.21. The third kappa shape index (κ3) is 4.84. The van der Waals surface area contributed by atoms with Crippen molar-refractivity contribution in [3.05, 3.63) is 54.6 Å². The van der Waals surface area contributed by atoms with Gasteiger partial charge in [0.1, 0.15) is 0 Å². The molecular weight excluding hydrogens is 302 g/mol. The van der Waals surface area contributed by atoms with E-state index in [9.17, 15) is 9.59 Å². The van der Waals surface area contributed by atoms with Gasteiger partial charge < -0.3 is 16.0 Å². The molecule has 2 aromatic carbocycles. The van der Waals surface area contributed by atoms with E-state index >= 15 is 0 Å². The first kappa shape index (κ1) is 17.5. The highest BCUT2D eigenvalue weighted by Crippen LogP contribution is 2.23. The maximum absolute atomic E-state index is 12.1. The normalized spacial score (nSPS) is 10.8. The molecular formula is C19H23N3O2. The maximum atomic E-state index is 12.1. The number of nitrogens with one attached hydrogen (secondary N) is 3. The Labute approximate surface area is 142 Å². The van der Waals surface area contributed by atoms with Gasteiger partial charge in [-0.1, -0.05) is 39.0 Å². The first-order valence-corrected chi connectivity index (χ1v) is 7.95. The SMILES string of the molecule is CCC(C)(C)C(=O)Nc1ccc(NC(=O)Nc2ccccc2)cc1. The molecule has 0 heterocycles. The fourth-order valence-corrected chi connectivity index (χ4v) is 1.91. The van der Waals surface area contributed by atoms with Gasteiger partial charge in [-0.2, -0.15) is 0 Å². The molecule has 5 nitrogen and oxygen atoms in total. The van der Waals surface area contributed by atoms with Crippen molar-refractivity contribution < 1.29 is 9.59 Å². The average molecular weight is 325 g/mol. The number of urea groups is 1. The van der Waals surface area contributed by atoms with Gasteiger partial charge in [-0.25, -0.2) is 4.79 Å². The summed E-state index contributed by atoms with van der Waals surface area (Å²) in [5.74, 6) is -0.0208. The number of hydrogen-bond acceptors (Lipinski definition) is 2. The summed E-state index contributed by atoms with van der Waals surface area (Å²) >= 11 is 0. The van der Waals surface area contributed by atoms with Crippen LogP contribution in [0.2, 0.25) is 0 Å². The maximum Gasteiger partial charge on any atom is 0.323 e. The summed E-state index contributed by atoms with van der Waals surface area (Å²) in [5.41, 5.74) is 1.67. The molecule has 0 aliphatic heterocycles. The molecule has 0 unspecified atom stereocenters. The van der Waals surface area contributed by atoms with E-state index < -0.39 is 5.41 Å². The lowest BCUT2D eigenvalue weighted by molar-refractivity contribution is -0.124. The molecule has 2 rings (SSSR count). The van der Waals surface area contributed by atoms with Crippen LogP contribution >= 0.6 is 0 Å². The minimum absolute atomic E-state index is 0.0208. The van der Waals surface area contributed by atoms with Crippen molar-refractivity contribution in [3.8, 4) is 0 Å². The Morgan fingerprint density at radius 1 is 0.792 bits per heavy atom. The number of rotatable bonds is 5. The Morgan fingerprint density at radius 3 is 1.75 bits per heavy atom. The lowest BCUT2D eigenvalue weighted by atomic mass is 9.89. The molecule has 24 heavy (non-hydrogen) atoms. The minimum Gasteiger partial charge on any atom is -0.326 e. The molecule has 0 spiro atoms. The van der Waals surface area contributed by atoms with Crippen LogP contribution in [0, 0.1) is 5.41 Å². The molecule has 0 saturated carbocycles. The van der Waals surface area contributed by atoms with E-state index in [1.165, 1.54) is 0 Å². The summed E-state index contributed by atoms with van der Waals surface area (Å²) < 4.78 is 0. The topological polar surface area (TPSA) is 70.2 Å². The molecule has 3 amide bonds. The Hall–Kier alpha value is -2.82. The molecule has 0 bridgehead atoms. The Balaban J connectivity index is 1.92. The van der Waals surface area contributed by atoms with Gasteiger partial charge >= 0.3 is 6.03 Å². The van der Waals surface area contributed by atoms with Gasteiger partial charge in [0.25, 0.3) is 0 Å². The van der Waals surface area contributed by atoms with Crippen molar-refractivity contribution in [2.75, 3.05) is 16.0 Å². The minimum atomic E-state index is -0.410. The number of benzene rings is 2. The number of carbonyl (C=O) groups is 2. The van der Waals surface area contributed by atoms with Crippen molar-refractivity contribution >= 4 is 29.0 Å². The number of anilines is 3. The number of carbonyl (C=O) groups excluding carboxylic acids is 2. The highest BCUT2D eigenvalue weighted by atomic mass is 16.2. The summed E-state index contributed by atoms with van der Waals surface area (Å²) in [6.07, 6.45) is 0.762. The third-order valence-electron chi connectivity index (χ3n) is 3.93. The second kappa shape index (κ2) is 7.64. The Morgan fingerprint density at radius 2 is 1.25 bits per heavy atom. The lowest BCUT2D eigenvalue weighted by Gasteiger charge is -2.21. The third-order valence-corrected chi connectivity index (χ3v) is 3.93. The summed E-state index contributed by atoms with van der Waals surface area (Å²) in [4.78, 5) is 24.1. The predicted molar refractivity (Wildman–Crippen MR) is 98.2 cm³/mol. The van der Waals surface area contributed by atoms with Crippen LogP contribution < -0.4 is 16.0 Å². The van der Waals surface area contributed by atoms with Crippen LogP contribution in [-0.2, 0) is 4.79 Å². The summed E-state index contributed by atoms with van der Waals surface area (Å²) in [7, 11) is 0. The zero-order valence-electron chi connectivity index (χ0n) is 14.2. The predicted octanol–water partition coefficient (Wildman–Crippen LogP) is 4.71. The van der Waals surface area contributed by atoms with Gasteiger partial charge in [0.2, 0.25) is 5.91 Å². The van der Waals surface area contributed by atoms with Gasteiger partial charge in [-0.05, 0) is 42.8 Å². The molecule has 0 aliphatic rings. The van der Waals surface area contributed by atoms with E-state index in [2.05, 4.69) is 16.0 Å². The van der Waals surface area contributed by atoms with Crippen molar-refractivity contribution in [1.29, 1.82) is 0 Å². The van der Waals surface area contributed by atoms with Gasteiger partial charge in [0.15, 0.2) is 0 Å². The van der Waals surface area contributed by atoms with Crippen LogP contribution in [0.25, 0.3) is 0 Å². The van der Waals surface area contributed by atoms with Crippen LogP contribution in [0.5, 0.6) is 0 Å². The fraction of sp³-hybridized carbons (Fsp3) is 0.263. The Bertz CT molecular complexity index is 694. The van der Waals surface area contributed by atoms with Crippen molar-refractivity contribution in [2.24, 2.45) is 5.41 Å². The molecule has 3 N–H and O–H groups in total. The van der Waals surface area contributed by atoms with Crippen LogP contribution in [0.4, 0.5) is 21.9 Å². The summed E-state index contributed by atoms with van der Waals surface area (Å²) in [6, 6.07) is 15.9. The average Bonchev–Trinajstić information content (AvgIpc) is 2.57. The standard InChI is InChI=1S/C19H23N3O2/c1-4-19(2,3)17(23)20-15-10-12-16(13-11-15)22-18(24)21-14-8-6-5-7-9-14/h5-13H,4H2,1-3H3,(H,20,23)(H2,21,22,24). The van der Waals surface area contributed by atoms with Gasteiger partial charge in [-0.3, -0.25) is 4.79 Å². The highest BCUT2D eigenvalue weighted by Gasteiger charge is 2.25. The van der Waals surface area contributed by atoms with E-state index in [0.717, 1.165) is 12.1 Å². The zero-order valence-corrected chi connectivity index (χ0v) is 14.2. The number of hydrogen-bond donors (Lipinski definition) is 3. The molecule has 126 valence electrons.